The molecule has 0 aliphatic rings. The summed E-state index contributed by atoms with van der Waals surface area (Å²) in [6.45, 7) is 1.61. The molecule has 6 heteroatoms. The average molecular weight is 244 g/mol. The molecule has 0 aromatic heterocycles. The van der Waals surface area contributed by atoms with Gasteiger partial charge in [0.1, 0.15) is 6.61 Å². The highest BCUT2D eigenvalue weighted by atomic mass is 35.5. The van der Waals surface area contributed by atoms with Gasteiger partial charge in [-0.2, -0.15) is 0 Å². The summed E-state index contributed by atoms with van der Waals surface area (Å²) in [4.78, 5) is 12.8. The molecule has 0 aromatic rings. The summed E-state index contributed by atoms with van der Waals surface area (Å²) in [6, 6.07) is 0. The molecule has 1 unspecified atom stereocenters. The number of nitrogens with zero attached hydrogens (tertiary/aromatic N) is 1. The topological polar surface area (TPSA) is 29.5 Å². The van der Waals surface area contributed by atoms with Crippen molar-refractivity contribution in [1.82, 2.24) is 4.90 Å². The van der Waals surface area contributed by atoms with Crippen LogP contribution in [0.1, 0.15) is 13.3 Å². The number of alkyl halides is 3. The molecule has 0 radical (unpaired) electrons. The Balaban J connectivity index is 3.56. The van der Waals surface area contributed by atoms with Crippen LogP contribution in [0, 0.1) is 0 Å². The number of amides is 1. The lowest BCUT2D eigenvalue weighted by atomic mass is 10.3. The van der Waals surface area contributed by atoms with Gasteiger partial charge in [0.25, 0.3) is 6.43 Å². The predicted molar refractivity (Wildman–Crippen MR) is 54.4 cm³/mol. The maximum Gasteiger partial charge on any atom is 0.261 e. The summed E-state index contributed by atoms with van der Waals surface area (Å²) in [6.07, 6.45) is -2.38. The molecule has 3 nitrogen and oxygen atoms in total. The molecular formula is C9H16ClF2NO2. The number of halogens is 3. The Morgan fingerprint density at radius 1 is 1.53 bits per heavy atom. The number of rotatable bonds is 7. The van der Waals surface area contributed by atoms with Crippen LogP contribution in [-0.4, -0.2) is 49.4 Å². The molecule has 0 fully saturated rings. The normalized spacial score (nSPS) is 12.9. The first-order chi connectivity index (χ1) is 6.93. The van der Waals surface area contributed by atoms with Gasteiger partial charge in [-0.3, -0.25) is 4.79 Å². The quantitative estimate of drug-likeness (QED) is 0.504. The van der Waals surface area contributed by atoms with Crippen LogP contribution in [0.25, 0.3) is 0 Å². The summed E-state index contributed by atoms with van der Waals surface area (Å²) in [5.41, 5.74) is 0. The third-order valence-electron chi connectivity index (χ3n) is 1.66. The molecule has 1 amide bonds. The highest BCUT2D eigenvalue weighted by Gasteiger charge is 2.11. The summed E-state index contributed by atoms with van der Waals surface area (Å²) < 4.78 is 27.9. The van der Waals surface area contributed by atoms with Crippen LogP contribution in [0.15, 0.2) is 0 Å². The molecule has 15 heavy (non-hydrogen) atoms. The lowest BCUT2D eigenvalue weighted by molar-refractivity contribution is -0.131. The average Bonchev–Trinajstić information content (AvgIpc) is 2.10. The van der Waals surface area contributed by atoms with Crippen molar-refractivity contribution in [2.24, 2.45) is 0 Å². The number of carbonyl (C=O) groups excluding carboxylic acids is 1. The van der Waals surface area contributed by atoms with Crippen molar-refractivity contribution in [2.75, 3.05) is 26.8 Å². The van der Waals surface area contributed by atoms with Gasteiger partial charge in [0.2, 0.25) is 5.91 Å². The largest absolute Gasteiger partial charge is 0.375 e. The van der Waals surface area contributed by atoms with Gasteiger partial charge in [0, 0.05) is 19.0 Å². The first kappa shape index (κ1) is 14.6. The van der Waals surface area contributed by atoms with Crippen LogP contribution in [0.4, 0.5) is 8.78 Å². The molecule has 0 bridgehead atoms. The molecule has 0 heterocycles. The fourth-order valence-corrected chi connectivity index (χ4v) is 1.21. The van der Waals surface area contributed by atoms with Crippen LogP contribution in [0.2, 0.25) is 0 Å². The van der Waals surface area contributed by atoms with Crippen molar-refractivity contribution >= 4 is 17.5 Å². The van der Waals surface area contributed by atoms with Gasteiger partial charge in [-0.25, -0.2) is 8.78 Å². The molecule has 0 rings (SSSR count). The predicted octanol–water partition coefficient (Wildman–Crippen LogP) is 1.74. The number of hydrogen-bond donors (Lipinski definition) is 0. The van der Waals surface area contributed by atoms with E-state index in [4.69, 9.17) is 11.6 Å². The van der Waals surface area contributed by atoms with Crippen molar-refractivity contribution in [2.45, 2.75) is 25.1 Å². The minimum Gasteiger partial charge on any atom is -0.375 e. The summed E-state index contributed by atoms with van der Waals surface area (Å²) in [7, 11) is 1.62. The van der Waals surface area contributed by atoms with E-state index >= 15 is 0 Å². The monoisotopic (exact) mass is 243 g/mol. The summed E-state index contributed by atoms with van der Waals surface area (Å²) in [5.74, 6) is -0.156. The maximum atomic E-state index is 11.7. The van der Waals surface area contributed by atoms with Gasteiger partial charge in [0.05, 0.1) is 13.0 Å². The summed E-state index contributed by atoms with van der Waals surface area (Å²) >= 11 is 5.70. The highest BCUT2D eigenvalue weighted by Crippen LogP contribution is 2.00. The number of hydrogen-bond acceptors (Lipinski definition) is 2. The number of ether oxygens (including phenoxy) is 1. The molecule has 0 saturated carbocycles. The van der Waals surface area contributed by atoms with E-state index < -0.39 is 13.0 Å². The Hall–Kier alpha value is -0.420. The Labute approximate surface area is 93.3 Å². The zero-order chi connectivity index (χ0) is 11.8. The van der Waals surface area contributed by atoms with Gasteiger partial charge < -0.3 is 9.64 Å². The van der Waals surface area contributed by atoms with E-state index in [1.807, 2.05) is 0 Å². The van der Waals surface area contributed by atoms with Crippen LogP contribution in [0.5, 0.6) is 0 Å². The van der Waals surface area contributed by atoms with Gasteiger partial charge in [-0.15, -0.1) is 11.6 Å². The SMILES string of the molecule is CC(Cl)CN(C)C(=O)CCOCC(F)F. The molecule has 90 valence electrons. The maximum absolute atomic E-state index is 11.7. The van der Waals surface area contributed by atoms with Gasteiger partial charge in [0.15, 0.2) is 0 Å². The van der Waals surface area contributed by atoms with Crippen LogP contribution < -0.4 is 0 Å². The molecule has 0 N–H and O–H groups in total. The molecule has 1 atom stereocenters. The second-order valence-electron chi connectivity index (χ2n) is 3.27. The highest BCUT2D eigenvalue weighted by molar-refractivity contribution is 6.20. The van der Waals surface area contributed by atoms with Gasteiger partial charge >= 0.3 is 0 Å². The second kappa shape index (κ2) is 7.82. The van der Waals surface area contributed by atoms with Crippen molar-refractivity contribution in [1.29, 1.82) is 0 Å². The summed E-state index contributed by atoms with van der Waals surface area (Å²) in [5, 5.41) is -0.124. The fraction of sp³-hybridized carbons (Fsp3) is 0.889. The Morgan fingerprint density at radius 3 is 2.60 bits per heavy atom. The second-order valence-corrected chi connectivity index (χ2v) is 4.02. The van der Waals surface area contributed by atoms with Crippen LogP contribution in [0.3, 0.4) is 0 Å². The van der Waals surface area contributed by atoms with E-state index in [-0.39, 0.29) is 24.3 Å². The van der Waals surface area contributed by atoms with Crippen molar-refractivity contribution < 1.29 is 18.3 Å². The van der Waals surface area contributed by atoms with Crippen molar-refractivity contribution in [3.05, 3.63) is 0 Å². The van der Waals surface area contributed by atoms with Crippen LogP contribution in [-0.2, 0) is 9.53 Å². The fourth-order valence-electron chi connectivity index (χ4n) is 1.00. The first-order valence-electron chi connectivity index (χ1n) is 4.67. The van der Waals surface area contributed by atoms with Gasteiger partial charge in [-0.05, 0) is 6.92 Å². The van der Waals surface area contributed by atoms with Gasteiger partial charge in [-0.1, -0.05) is 0 Å². The first-order valence-corrected chi connectivity index (χ1v) is 5.11. The zero-order valence-corrected chi connectivity index (χ0v) is 9.64. The third kappa shape index (κ3) is 8.57. The lowest BCUT2D eigenvalue weighted by Crippen LogP contribution is -2.32. The van der Waals surface area contributed by atoms with Crippen LogP contribution >= 0.6 is 11.6 Å². The number of carbonyl (C=O) groups is 1. The molecule has 0 saturated heterocycles. The Morgan fingerprint density at radius 2 is 2.13 bits per heavy atom. The third-order valence-corrected chi connectivity index (χ3v) is 1.79. The van der Waals surface area contributed by atoms with Crippen molar-refractivity contribution in [3.8, 4) is 0 Å². The standard InChI is InChI=1S/C9H16ClF2NO2/c1-7(10)5-13(2)9(14)3-4-15-6-8(11)12/h7-8H,3-6H2,1-2H3. The zero-order valence-electron chi connectivity index (χ0n) is 8.88. The van der Waals surface area contributed by atoms with E-state index in [1.165, 1.54) is 4.90 Å². The molecule has 0 spiro atoms. The Bertz CT molecular complexity index is 191. The van der Waals surface area contributed by atoms with E-state index in [0.29, 0.717) is 6.54 Å². The lowest BCUT2D eigenvalue weighted by Gasteiger charge is -2.18. The van der Waals surface area contributed by atoms with E-state index in [1.54, 1.807) is 14.0 Å². The smallest absolute Gasteiger partial charge is 0.261 e. The van der Waals surface area contributed by atoms with E-state index in [0.717, 1.165) is 0 Å². The molecular weight excluding hydrogens is 228 g/mol. The van der Waals surface area contributed by atoms with E-state index in [9.17, 15) is 13.6 Å². The van der Waals surface area contributed by atoms with E-state index in [2.05, 4.69) is 4.74 Å². The molecule has 0 aliphatic heterocycles. The molecule has 0 aliphatic carbocycles. The molecule has 0 aromatic carbocycles. The Kier molecular flexibility index (Phi) is 7.60. The minimum absolute atomic E-state index is 0.0180. The minimum atomic E-state index is -2.49. The van der Waals surface area contributed by atoms with Crippen molar-refractivity contribution in [3.63, 3.8) is 0 Å².